The number of aryl methyl sites for hydroxylation is 1. The van der Waals surface area contributed by atoms with E-state index in [0.717, 1.165) is 11.3 Å². The average molecular weight is 288 g/mol. The van der Waals surface area contributed by atoms with Crippen LogP contribution in [0.15, 0.2) is 24.3 Å². The predicted octanol–water partition coefficient (Wildman–Crippen LogP) is 1.38. The molecule has 0 aliphatic heterocycles. The number of hydrogen-bond acceptors (Lipinski definition) is 4. The topological polar surface area (TPSA) is 80.0 Å². The van der Waals surface area contributed by atoms with Gasteiger partial charge in [0, 0.05) is 12.6 Å². The Morgan fingerprint density at radius 1 is 1.33 bits per heavy atom. The Kier molecular flexibility index (Phi) is 4.70. The molecular formula is C15H20N4O2. The standard InChI is InChI=1S/C15H20N4O2/c1-10-4-6-13(7-5-10)19-12(3)14(17-18-19)15(21)16-11(2)8-9-20/h4-7,11,20H,8-9H2,1-3H3,(H,16,21)/t11-/m1/s1. The van der Waals surface area contributed by atoms with Crippen LogP contribution in [0, 0.1) is 13.8 Å². The van der Waals surface area contributed by atoms with Crippen LogP contribution in [0.2, 0.25) is 0 Å². The summed E-state index contributed by atoms with van der Waals surface area (Å²) in [4.78, 5) is 12.1. The van der Waals surface area contributed by atoms with Crippen LogP contribution in [0.4, 0.5) is 0 Å². The monoisotopic (exact) mass is 288 g/mol. The van der Waals surface area contributed by atoms with E-state index >= 15 is 0 Å². The summed E-state index contributed by atoms with van der Waals surface area (Å²) in [6.45, 7) is 5.70. The van der Waals surface area contributed by atoms with Gasteiger partial charge in [0.05, 0.1) is 11.4 Å². The SMILES string of the molecule is Cc1ccc(-n2nnc(C(=O)N[C@H](C)CCO)c2C)cc1. The van der Waals surface area contributed by atoms with Gasteiger partial charge in [0.1, 0.15) is 0 Å². The normalized spacial score (nSPS) is 12.2. The lowest BCUT2D eigenvalue weighted by Gasteiger charge is -2.11. The molecule has 0 aliphatic rings. The molecule has 1 amide bonds. The lowest BCUT2D eigenvalue weighted by molar-refractivity contribution is 0.0928. The average Bonchev–Trinajstić information content (AvgIpc) is 2.82. The van der Waals surface area contributed by atoms with E-state index in [1.165, 1.54) is 0 Å². The van der Waals surface area contributed by atoms with Crippen LogP contribution in [0.3, 0.4) is 0 Å². The number of nitrogens with one attached hydrogen (secondary N) is 1. The summed E-state index contributed by atoms with van der Waals surface area (Å²) < 4.78 is 1.64. The Balaban J connectivity index is 2.20. The van der Waals surface area contributed by atoms with Crippen LogP contribution in [0.5, 0.6) is 0 Å². The molecule has 1 aromatic carbocycles. The minimum Gasteiger partial charge on any atom is -0.396 e. The third-order valence-electron chi connectivity index (χ3n) is 3.33. The van der Waals surface area contributed by atoms with Crippen LogP contribution < -0.4 is 5.32 Å². The Bertz CT molecular complexity index is 619. The molecule has 1 heterocycles. The zero-order chi connectivity index (χ0) is 15.4. The van der Waals surface area contributed by atoms with Gasteiger partial charge in [-0.2, -0.15) is 0 Å². The number of nitrogens with zero attached hydrogens (tertiary/aromatic N) is 3. The molecule has 0 radical (unpaired) electrons. The van der Waals surface area contributed by atoms with Gasteiger partial charge in [0.2, 0.25) is 0 Å². The fraction of sp³-hybridized carbons (Fsp3) is 0.400. The van der Waals surface area contributed by atoms with Crippen molar-refractivity contribution >= 4 is 5.91 Å². The van der Waals surface area contributed by atoms with Crippen molar-refractivity contribution in [3.63, 3.8) is 0 Å². The second-order valence-electron chi connectivity index (χ2n) is 5.16. The first-order valence-corrected chi connectivity index (χ1v) is 6.94. The van der Waals surface area contributed by atoms with E-state index in [1.807, 2.05) is 45.0 Å². The second-order valence-corrected chi connectivity index (χ2v) is 5.16. The quantitative estimate of drug-likeness (QED) is 0.871. The van der Waals surface area contributed by atoms with Gasteiger partial charge >= 0.3 is 0 Å². The number of carbonyl (C=O) groups is 1. The minimum absolute atomic E-state index is 0.0382. The summed E-state index contributed by atoms with van der Waals surface area (Å²) in [7, 11) is 0. The number of aliphatic hydroxyl groups is 1. The van der Waals surface area contributed by atoms with Crippen LogP contribution >= 0.6 is 0 Å². The summed E-state index contributed by atoms with van der Waals surface area (Å²) in [5, 5.41) is 19.7. The molecule has 0 aliphatic carbocycles. The number of aliphatic hydroxyl groups excluding tert-OH is 1. The van der Waals surface area contributed by atoms with Gasteiger partial charge in [-0.25, -0.2) is 4.68 Å². The third-order valence-corrected chi connectivity index (χ3v) is 3.33. The molecule has 6 nitrogen and oxygen atoms in total. The maximum atomic E-state index is 12.1. The smallest absolute Gasteiger partial charge is 0.273 e. The van der Waals surface area contributed by atoms with Crippen molar-refractivity contribution in [2.45, 2.75) is 33.2 Å². The fourth-order valence-corrected chi connectivity index (χ4v) is 2.03. The first kappa shape index (κ1) is 15.2. The summed E-state index contributed by atoms with van der Waals surface area (Å²) in [5.41, 5.74) is 3.02. The Morgan fingerprint density at radius 3 is 2.62 bits per heavy atom. The number of amides is 1. The Hall–Kier alpha value is -2.21. The van der Waals surface area contributed by atoms with Crippen LogP contribution in [0.1, 0.15) is 35.1 Å². The molecule has 0 spiro atoms. The van der Waals surface area contributed by atoms with Crippen LogP contribution in [-0.4, -0.2) is 38.7 Å². The molecule has 0 saturated heterocycles. The largest absolute Gasteiger partial charge is 0.396 e. The highest BCUT2D eigenvalue weighted by atomic mass is 16.3. The summed E-state index contributed by atoms with van der Waals surface area (Å²) >= 11 is 0. The molecule has 2 N–H and O–H groups in total. The number of aromatic nitrogens is 3. The Labute approximate surface area is 123 Å². The van der Waals surface area contributed by atoms with Crippen LogP contribution in [-0.2, 0) is 0 Å². The van der Waals surface area contributed by atoms with Crippen molar-refractivity contribution in [3.8, 4) is 5.69 Å². The first-order chi connectivity index (χ1) is 10.0. The zero-order valence-electron chi connectivity index (χ0n) is 12.5. The number of hydrogen-bond donors (Lipinski definition) is 2. The minimum atomic E-state index is -0.271. The highest BCUT2D eigenvalue weighted by Crippen LogP contribution is 2.13. The highest BCUT2D eigenvalue weighted by Gasteiger charge is 2.18. The summed E-state index contributed by atoms with van der Waals surface area (Å²) in [6.07, 6.45) is 0.511. The summed E-state index contributed by atoms with van der Waals surface area (Å²) in [5.74, 6) is -0.271. The molecule has 21 heavy (non-hydrogen) atoms. The van der Waals surface area contributed by atoms with E-state index < -0.39 is 0 Å². The first-order valence-electron chi connectivity index (χ1n) is 6.94. The van der Waals surface area contributed by atoms with Gasteiger partial charge in [0.25, 0.3) is 5.91 Å². The lowest BCUT2D eigenvalue weighted by atomic mass is 10.2. The molecule has 6 heteroatoms. The fourth-order valence-electron chi connectivity index (χ4n) is 2.03. The van der Waals surface area contributed by atoms with Gasteiger partial charge in [-0.1, -0.05) is 22.9 Å². The maximum absolute atomic E-state index is 12.1. The van der Waals surface area contributed by atoms with E-state index in [4.69, 9.17) is 5.11 Å². The van der Waals surface area contributed by atoms with Gasteiger partial charge in [-0.3, -0.25) is 4.79 Å². The highest BCUT2D eigenvalue weighted by molar-refractivity contribution is 5.93. The van der Waals surface area contributed by atoms with Crippen LogP contribution in [0.25, 0.3) is 5.69 Å². The molecule has 2 aromatic rings. The molecule has 1 atom stereocenters. The number of rotatable bonds is 5. The van der Waals surface area contributed by atoms with E-state index in [0.29, 0.717) is 17.8 Å². The van der Waals surface area contributed by atoms with Gasteiger partial charge < -0.3 is 10.4 Å². The second kappa shape index (κ2) is 6.49. The molecule has 0 fully saturated rings. The van der Waals surface area contributed by atoms with Crippen molar-refractivity contribution in [2.75, 3.05) is 6.61 Å². The Morgan fingerprint density at radius 2 is 2.00 bits per heavy atom. The lowest BCUT2D eigenvalue weighted by Crippen LogP contribution is -2.33. The number of benzene rings is 1. The van der Waals surface area contributed by atoms with Gasteiger partial charge in [0.15, 0.2) is 5.69 Å². The molecule has 1 aromatic heterocycles. The predicted molar refractivity (Wildman–Crippen MR) is 79.5 cm³/mol. The van der Waals surface area contributed by atoms with Crippen molar-refractivity contribution in [1.82, 2.24) is 20.3 Å². The van der Waals surface area contributed by atoms with Crippen molar-refractivity contribution in [1.29, 1.82) is 0 Å². The maximum Gasteiger partial charge on any atom is 0.273 e. The van der Waals surface area contributed by atoms with Gasteiger partial charge in [-0.15, -0.1) is 5.10 Å². The van der Waals surface area contributed by atoms with E-state index in [2.05, 4.69) is 15.6 Å². The van der Waals surface area contributed by atoms with E-state index in [1.54, 1.807) is 4.68 Å². The van der Waals surface area contributed by atoms with Gasteiger partial charge in [-0.05, 0) is 39.3 Å². The van der Waals surface area contributed by atoms with E-state index in [-0.39, 0.29) is 18.6 Å². The van der Waals surface area contributed by atoms with Crippen molar-refractivity contribution in [3.05, 3.63) is 41.2 Å². The van der Waals surface area contributed by atoms with E-state index in [9.17, 15) is 4.79 Å². The van der Waals surface area contributed by atoms with Crippen molar-refractivity contribution < 1.29 is 9.90 Å². The molecular weight excluding hydrogens is 268 g/mol. The molecule has 0 bridgehead atoms. The molecule has 0 unspecified atom stereocenters. The molecule has 112 valence electrons. The zero-order valence-corrected chi connectivity index (χ0v) is 12.5. The third kappa shape index (κ3) is 3.46. The number of carbonyl (C=O) groups excluding carboxylic acids is 1. The summed E-state index contributed by atoms with van der Waals surface area (Å²) in [6, 6.07) is 7.74. The molecule has 0 saturated carbocycles. The van der Waals surface area contributed by atoms with Crippen molar-refractivity contribution in [2.24, 2.45) is 0 Å². The molecule has 2 rings (SSSR count).